The molecule has 1 aromatic carbocycles. The van der Waals surface area contributed by atoms with Gasteiger partial charge in [-0.1, -0.05) is 36.4 Å². The molecule has 0 bridgehead atoms. The summed E-state index contributed by atoms with van der Waals surface area (Å²) in [5.41, 5.74) is 2.75. The van der Waals surface area contributed by atoms with E-state index in [-0.39, 0.29) is 5.91 Å². The van der Waals surface area contributed by atoms with Crippen LogP contribution in [0.4, 0.5) is 0 Å². The fraction of sp³-hybridized carbons (Fsp3) is 0.150. The first-order valence-electron chi connectivity index (χ1n) is 7.96. The normalized spacial score (nSPS) is 10.3. The van der Waals surface area contributed by atoms with Crippen LogP contribution in [-0.4, -0.2) is 27.3 Å². The summed E-state index contributed by atoms with van der Waals surface area (Å²) < 4.78 is 0. The fourth-order valence-corrected chi connectivity index (χ4v) is 2.53. The molecule has 0 fully saturated rings. The smallest absolute Gasteiger partial charge is 0.254 e. The predicted molar refractivity (Wildman–Crippen MR) is 93.4 cm³/mol. The molecule has 24 heavy (non-hydrogen) atoms. The first-order chi connectivity index (χ1) is 11.8. The summed E-state index contributed by atoms with van der Waals surface area (Å²) in [4.78, 5) is 23.0. The van der Waals surface area contributed by atoms with Gasteiger partial charge in [-0.15, -0.1) is 0 Å². The van der Waals surface area contributed by atoms with E-state index in [0.717, 1.165) is 17.7 Å². The molecule has 0 N–H and O–H groups in total. The molecule has 4 nitrogen and oxygen atoms in total. The minimum Gasteiger partial charge on any atom is -0.334 e. The van der Waals surface area contributed by atoms with Crippen molar-refractivity contribution in [1.82, 2.24) is 14.9 Å². The lowest BCUT2D eigenvalue weighted by molar-refractivity contribution is 0.0744. The van der Waals surface area contributed by atoms with Gasteiger partial charge in [0.25, 0.3) is 5.91 Å². The molecule has 0 unspecified atom stereocenters. The van der Waals surface area contributed by atoms with Gasteiger partial charge in [-0.25, -0.2) is 0 Å². The molecule has 0 aliphatic rings. The van der Waals surface area contributed by atoms with Crippen molar-refractivity contribution >= 4 is 5.91 Å². The SMILES string of the molecule is O=C(c1ccncc1)N(CCc1ccccn1)Cc1ccccc1. The van der Waals surface area contributed by atoms with Gasteiger partial charge in [-0.3, -0.25) is 14.8 Å². The number of amides is 1. The number of benzene rings is 1. The van der Waals surface area contributed by atoms with Crippen LogP contribution >= 0.6 is 0 Å². The van der Waals surface area contributed by atoms with Gasteiger partial charge < -0.3 is 4.90 Å². The van der Waals surface area contributed by atoms with E-state index in [0.29, 0.717) is 18.7 Å². The first-order valence-corrected chi connectivity index (χ1v) is 7.96. The standard InChI is InChI=1S/C20H19N3O/c24-20(18-9-13-21-14-10-18)23(16-17-6-2-1-3-7-17)15-11-19-8-4-5-12-22-19/h1-10,12-14H,11,15-16H2. The lowest BCUT2D eigenvalue weighted by Gasteiger charge is -2.23. The Hall–Kier alpha value is -3.01. The summed E-state index contributed by atoms with van der Waals surface area (Å²) in [6, 6.07) is 19.4. The van der Waals surface area contributed by atoms with Crippen LogP contribution in [-0.2, 0) is 13.0 Å². The van der Waals surface area contributed by atoms with Crippen LogP contribution in [0.15, 0.2) is 79.3 Å². The van der Waals surface area contributed by atoms with Gasteiger partial charge >= 0.3 is 0 Å². The second-order valence-electron chi connectivity index (χ2n) is 5.52. The van der Waals surface area contributed by atoms with Gasteiger partial charge in [0.15, 0.2) is 0 Å². The lowest BCUT2D eigenvalue weighted by Crippen LogP contribution is -2.32. The molecule has 0 aliphatic heterocycles. The van der Waals surface area contributed by atoms with Crippen LogP contribution in [0.1, 0.15) is 21.6 Å². The second kappa shape index (κ2) is 8.02. The Morgan fingerprint density at radius 2 is 1.62 bits per heavy atom. The first kappa shape index (κ1) is 15.9. The summed E-state index contributed by atoms with van der Waals surface area (Å²) in [6.45, 7) is 1.20. The third-order valence-corrected chi connectivity index (χ3v) is 3.79. The van der Waals surface area contributed by atoms with Gasteiger partial charge in [0.1, 0.15) is 0 Å². The van der Waals surface area contributed by atoms with Gasteiger partial charge in [0.2, 0.25) is 0 Å². The Bertz CT molecular complexity index is 761. The third-order valence-electron chi connectivity index (χ3n) is 3.79. The molecule has 2 aromatic heterocycles. The monoisotopic (exact) mass is 317 g/mol. The highest BCUT2D eigenvalue weighted by atomic mass is 16.2. The van der Waals surface area contributed by atoms with E-state index in [9.17, 15) is 4.79 Å². The molecule has 2 heterocycles. The van der Waals surface area contributed by atoms with E-state index in [2.05, 4.69) is 9.97 Å². The van der Waals surface area contributed by atoms with Crippen LogP contribution in [0.3, 0.4) is 0 Å². The van der Waals surface area contributed by atoms with Crippen molar-refractivity contribution < 1.29 is 4.79 Å². The zero-order chi connectivity index (χ0) is 16.6. The molecule has 0 spiro atoms. The Balaban J connectivity index is 1.76. The van der Waals surface area contributed by atoms with E-state index in [1.165, 1.54) is 0 Å². The van der Waals surface area contributed by atoms with E-state index in [1.54, 1.807) is 30.7 Å². The minimum absolute atomic E-state index is 0.0113. The highest BCUT2D eigenvalue weighted by molar-refractivity contribution is 5.94. The Morgan fingerprint density at radius 3 is 2.33 bits per heavy atom. The molecule has 0 saturated heterocycles. The summed E-state index contributed by atoms with van der Waals surface area (Å²) in [5, 5.41) is 0. The summed E-state index contributed by atoms with van der Waals surface area (Å²) >= 11 is 0. The predicted octanol–water partition coefficient (Wildman–Crippen LogP) is 3.36. The molecule has 0 radical (unpaired) electrons. The van der Waals surface area contributed by atoms with E-state index in [4.69, 9.17) is 0 Å². The molecular weight excluding hydrogens is 298 g/mol. The van der Waals surface area contributed by atoms with Crippen molar-refractivity contribution in [3.8, 4) is 0 Å². The fourth-order valence-electron chi connectivity index (χ4n) is 2.53. The zero-order valence-electron chi connectivity index (χ0n) is 13.4. The van der Waals surface area contributed by atoms with Crippen LogP contribution < -0.4 is 0 Å². The van der Waals surface area contributed by atoms with Crippen LogP contribution in [0.25, 0.3) is 0 Å². The quantitative estimate of drug-likeness (QED) is 0.700. The topological polar surface area (TPSA) is 46.1 Å². The summed E-state index contributed by atoms with van der Waals surface area (Å²) in [7, 11) is 0. The molecule has 1 amide bonds. The van der Waals surface area contributed by atoms with Crippen LogP contribution in [0, 0.1) is 0 Å². The van der Waals surface area contributed by atoms with E-state index < -0.39 is 0 Å². The lowest BCUT2D eigenvalue weighted by atomic mass is 10.1. The van der Waals surface area contributed by atoms with E-state index in [1.807, 2.05) is 53.4 Å². The Kier molecular flexibility index (Phi) is 5.30. The van der Waals surface area contributed by atoms with Crippen molar-refractivity contribution in [1.29, 1.82) is 0 Å². The Labute approximate surface area is 141 Å². The largest absolute Gasteiger partial charge is 0.334 e. The van der Waals surface area contributed by atoms with Crippen LogP contribution in [0.2, 0.25) is 0 Å². The third kappa shape index (κ3) is 4.26. The molecule has 3 aromatic rings. The van der Waals surface area contributed by atoms with Crippen molar-refractivity contribution in [2.75, 3.05) is 6.54 Å². The summed E-state index contributed by atoms with van der Waals surface area (Å²) in [6.07, 6.45) is 5.80. The molecule has 3 rings (SSSR count). The number of rotatable bonds is 6. The van der Waals surface area contributed by atoms with Gasteiger partial charge in [0, 0.05) is 49.4 Å². The van der Waals surface area contributed by atoms with Gasteiger partial charge in [-0.05, 0) is 29.8 Å². The molecule has 4 heteroatoms. The van der Waals surface area contributed by atoms with Crippen molar-refractivity contribution in [2.45, 2.75) is 13.0 Å². The highest BCUT2D eigenvalue weighted by Crippen LogP contribution is 2.11. The van der Waals surface area contributed by atoms with Crippen molar-refractivity contribution in [3.63, 3.8) is 0 Å². The maximum absolute atomic E-state index is 12.8. The molecule has 120 valence electrons. The maximum Gasteiger partial charge on any atom is 0.254 e. The molecular formula is C20H19N3O. The Morgan fingerprint density at radius 1 is 0.875 bits per heavy atom. The highest BCUT2D eigenvalue weighted by Gasteiger charge is 2.16. The van der Waals surface area contributed by atoms with E-state index >= 15 is 0 Å². The number of carbonyl (C=O) groups is 1. The zero-order valence-corrected chi connectivity index (χ0v) is 13.4. The second-order valence-corrected chi connectivity index (χ2v) is 5.52. The molecule has 0 aliphatic carbocycles. The van der Waals surface area contributed by atoms with Gasteiger partial charge in [-0.2, -0.15) is 0 Å². The average Bonchev–Trinajstić information content (AvgIpc) is 2.67. The molecule has 0 saturated carbocycles. The number of carbonyl (C=O) groups excluding carboxylic acids is 1. The minimum atomic E-state index is 0.0113. The number of nitrogens with zero attached hydrogens (tertiary/aromatic N) is 3. The van der Waals surface area contributed by atoms with Crippen molar-refractivity contribution in [2.24, 2.45) is 0 Å². The number of pyridine rings is 2. The maximum atomic E-state index is 12.8. The number of hydrogen-bond donors (Lipinski definition) is 0. The van der Waals surface area contributed by atoms with Gasteiger partial charge in [0.05, 0.1) is 0 Å². The van der Waals surface area contributed by atoms with Crippen LogP contribution in [0.5, 0.6) is 0 Å². The number of hydrogen-bond acceptors (Lipinski definition) is 3. The molecule has 0 atom stereocenters. The average molecular weight is 317 g/mol. The summed E-state index contributed by atoms with van der Waals surface area (Å²) in [5.74, 6) is 0.0113. The number of aromatic nitrogens is 2. The van der Waals surface area contributed by atoms with Crippen molar-refractivity contribution in [3.05, 3.63) is 96.1 Å².